The van der Waals surface area contributed by atoms with E-state index in [1.165, 1.54) is 22.2 Å². The number of carbonyl (C=O) groups excluding carboxylic acids is 1. The SMILES string of the molecule is Nc1cnn(CC(=O)Nc2nc3c(s2)CCC3)c1. The predicted molar refractivity (Wildman–Crippen MR) is 69.4 cm³/mol. The van der Waals surface area contributed by atoms with E-state index in [-0.39, 0.29) is 12.5 Å². The lowest BCUT2D eigenvalue weighted by molar-refractivity contribution is -0.116. The zero-order valence-electron chi connectivity index (χ0n) is 9.72. The number of anilines is 2. The van der Waals surface area contributed by atoms with Crippen molar-refractivity contribution in [2.45, 2.75) is 25.8 Å². The summed E-state index contributed by atoms with van der Waals surface area (Å²) < 4.78 is 1.51. The van der Waals surface area contributed by atoms with Crippen molar-refractivity contribution in [2.75, 3.05) is 11.1 Å². The summed E-state index contributed by atoms with van der Waals surface area (Å²) in [5.74, 6) is -0.134. The molecule has 0 aromatic carbocycles. The van der Waals surface area contributed by atoms with E-state index >= 15 is 0 Å². The number of nitrogens with one attached hydrogen (secondary N) is 1. The molecule has 6 nitrogen and oxygen atoms in total. The van der Waals surface area contributed by atoms with Crippen molar-refractivity contribution in [1.29, 1.82) is 0 Å². The van der Waals surface area contributed by atoms with Gasteiger partial charge in [0.25, 0.3) is 0 Å². The van der Waals surface area contributed by atoms with E-state index in [2.05, 4.69) is 15.4 Å². The van der Waals surface area contributed by atoms with Crippen LogP contribution in [-0.2, 0) is 24.2 Å². The molecule has 7 heteroatoms. The summed E-state index contributed by atoms with van der Waals surface area (Å²) in [4.78, 5) is 17.5. The highest BCUT2D eigenvalue weighted by Crippen LogP contribution is 2.30. The molecule has 0 radical (unpaired) electrons. The second kappa shape index (κ2) is 4.41. The number of rotatable bonds is 3. The van der Waals surface area contributed by atoms with Gasteiger partial charge < -0.3 is 11.1 Å². The van der Waals surface area contributed by atoms with Crippen LogP contribution >= 0.6 is 11.3 Å². The molecule has 0 aliphatic heterocycles. The fourth-order valence-corrected chi connectivity index (χ4v) is 3.08. The van der Waals surface area contributed by atoms with E-state index in [1.54, 1.807) is 17.5 Å². The zero-order valence-corrected chi connectivity index (χ0v) is 10.5. The Bertz CT molecular complexity index is 567. The number of nitrogens with two attached hydrogens (primary N) is 1. The van der Waals surface area contributed by atoms with Gasteiger partial charge in [-0.3, -0.25) is 9.48 Å². The molecule has 1 aliphatic rings. The van der Waals surface area contributed by atoms with Gasteiger partial charge in [0, 0.05) is 11.1 Å². The first kappa shape index (κ1) is 11.2. The number of hydrogen-bond acceptors (Lipinski definition) is 5. The first-order chi connectivity index (χ1) is 8.70. The molecule has 0 atom stereocenters. The van der Waals surface area contributed by atoms with Crippen LogP contribution in [0.15, 0.2) is 12.4 Å². The van der Waals surface area contributed by atoms with Gasteiger partial charge in [-0.25, -0.2) is 4.98 Å². The maximum Gasteiger partial charge on any atom is 0.247 e. The molecule has 3 rings (SSSR count). The Morgan fingerprint density at radius 3 is 3.17 bits per heavy atom. The molecule has 0 fully saturated rings. The molecule has 2 heterocycles. The maximum atomic E-state index is 11.8. The summed E-state index contributed by atoms with van der Waals surface area (Å²) >= 11 is 1.57. The summed E-state index contributed by atoms with van der Waals surface area (Å²) in [6, 6.07) is 0. The normalized spacial score (nSPS) is 13.6. The fraction of sp³-hybridized carbons (Fsp3) is 0.364. The molecule has 18 heavy (non-hydrogen) atoms. The number of nitrogen functional groups attached to an aromatic ring is 1. The van der Waals surface area contributed by atoms with E-state index in [0.29, 0.717) is 10.8 Å². The lowest BCUT2D eigenvalue weighted by Gasteiger charge is -2.01. The molecule has 0 spiro atoms. The smallest absolute Gasteiger partial charge is 0.247 e. The van der Waals surface area contributed by atoms with Crippen LogP contribution in [0.25, 0.3) is 0 Å². The molecule has 2 aromatic rings. The van der Waals surface area contributed by atoms with Gasteiger partial charge in [-0.15, -0.1) is 11.3 Å². The second-order valence-corrected chi connectivity index (χ2v) is 5.35. The standard InChI is InChI=1S/C11H13N5OS/c12-7-4-13-16(5-7)6-10(17)15-11-14-8-2-1-3-9(8)18-11/h4-5H,1-3,6,12H2,(H,14,15,17). The van der Waals surface area contributed by atoms with Crippen molar-refractivity contribution in [3.63, 3.8) is 0 Å². The highest BCUT2D eigenvalue weighted by molar-refractivity contribution is 7.15. The van der Waals surface area contributed by atoms with Crippen LogP contribution in [0.3, 0.4) is 0 Å². The van der Waals surface area contributed by atoms with Crippen LogP contribution in [0, 0.1) is 0 Å². The second-order valence-electron chi connectivity index (χ2n) is 4.26. The first-order valence-corrected chi connectivity index (χ1v) is 6.59. The van der Waals surface area contributed by atoms with Gasteiger partial charge in [-0.2, -0.15) is 5.10 Å². The Labute approximate surface area is 108 Å². The lowest BCUT2D eigenvalue weighted by Crippen LogP contribution is -2.18. The Kier molecular flexibility index (Phi) is 2.75. The largest absolute Gasteiger partial charge is 0.396 e. The molecule has 0 saturated carbocycles. The lowest BCUT2D eigenvalue weighted by atomic mass is 10.4. The van der Waals surface area contributed by atoms with Gasteiger partial charge in [0.15, 0.2) is 5.13 Å². The third-order valence-electron chi connectivity index (χ3n) is 2.80. The van der Waals surface area contributed by atoms with Gasteiger partial charge in [0.1, 0.15) is 6.54 Å². The van der Waals surface area contributed by atoms with E-state index in [4.69, 9.17) is 5.73 Å². The van der Waals surface area contributed by atoms with Crippen LogP contribution in [0.1, 0.15) is 17.0 Å². The number of aromatic nitrogens is 3. The first-order valence-electron chi connectivity index (χ1n) is 5.77. The number of aryl methyl sites for hydroxylation is 2. The van der Waals surface area contributed by atoms with Gasteiger partial charge in [0.2, 0.25) is 5.91 Å². The van der Waals surface area contributed by atoms with Crippen molar-refractivity contribution < 1.29 is 4.79 Å². The molecule has 0 unspecified atom stereocenters. The number of fused-ring (bicyclic) bond motifs is 1. The highest BCUT2D eigenvalue weighted by Gasteiger charge is 2.17. The highest BCUT2D eigenvalue weighted by atomic mass is 32.1. The van der Waals surface area contributed by atoms with Crippen LogP contribution in [0.2, 0.25) is 0 Å². The van der Waals surface area contributed by atoms with Crippen molar-refractivity contribution in [3.05, 3.63) is 23.0 Å². The zero-order chi connectivity index (χ0) is 12.5. The van der Waals surface area contributed by atoms with Gasteiger partial charge in [-0.1, -0.05) is 0 Å². The number of carbonyl (C=O) groups is 1. The summed E-state index contributed by atoms with van der Waals surface area (Å²) in [6.45, 7) is 0.154. The maximum absolute atomic E-state index is 11.8. The molecule has 1 aliphatic carbocycles. The van der Waals surface area contributed by atoms with Crippen LogP contribution in [0.4, 0.5) is 10.8 Å². The third-order valence-corrected chi connectivity index (χ3v) is 3.87. The monoisotopic (exact) mass is 263 g/mol. The number of amides is 1. The summed E-state index contributed by atoms with van der Waals surface area (Å²) in [5.41, 5.74) is 7.22. The van der Waals surface area contributed by atoms with Crippen molar-refractivity contribution in [2.24, 2.45) is 0 Å². The molecule has 0 saturated heterocycles. The minimum absolute atomic E-state index is 0.134. The van der Waals surface area contributed by atoms with E-state index in [0.717, 1.165) is 18.5 Å². The van der Waals surface area contributed by atoms with Gasteiger partial charge in [-0.05, 0) is 19.3 Å². The molecule has 3 N–H and O–H groups in total. The minimum Gasteiger partial charge on any atom is -0.396 e. The average molecular weight is 263 g/mol. The Balaban J connectivity index is 1.63. The van der Waals surface area contributed by atoms with Crippen molar-refractivity contribution in [1.82, 2.24) is 14.8 Å². The Morgan fingerprint density at radius 2 is 2.44 bits per heavy atom. The number of hydrogen-bond donors (Lipinski definition) is 2. The average Bonchev–Trinajstić information content (AvgIpc) is 2.94. The predicted octanol–water partition coefficient (Wildman–Crippen LogP) is 1.05. The number of nitrogens with zero attached hydrogens (tertiary/aromatic N) is 3. The van der Waals surface area contributed by atoms with Crippen LogP contribution in [-0.4, -0.2) is 20.7 Å². The van der Waals surface area contributed by atoms with E-state index < -0.39 is 0 Å². The summed E-state index contributed by atoms with van der Waals surface area (Å²) in [7, 11) is 0. The molecule has 0 bridgehead atoms. The third kappa shape index (κ3) is 2.21. The Hall–Kier alpha value is -1.89. The van der Waals surface area contributed by atoms with E-state index in [9.17, 15) is 4.79 Å². The summed E-state index contributed by atoms with van der Waals surface area (Å²) in [5, 5.41) is 7.44. The quantitative estimate of drug-likeness (QED) is 0.866. The topological polar surface area (TPSA) is 85.8 Å². The fourth-order valence-electron chi connectivity index (χ4n) is 2.02. The van der Waals surface area contributed by atoms with Gasteiger partial charge >= 0.3 is 0 Å². The Morgan fingerprint density at radius 1 is 1.56 bits per heavy atom. The molecular formula is C11H13N5OS. The molecule has 1 amide bonds. The molecule has 94 valence electrons. The van der Waals surface area contributed by atoms with Crippen molar-refractivity contribution >= 4 is 28.1 Å². The van der Waals surface area contributed by atoms with Gasteiger partial charge in [0.05, 0.1) is 17.6 Å². The molecule has 2 aromatic heterocycles. The molecular weight excluding hydrogens is 250 g/mol. The van der Waals surface area contributed by atoms with Crippen molar-refractivity contribution in [3.8, 4) is 0 Å². The van der Waals surface area contributed by atoms with Crippen LogP contribution < -0.4 is 11.1 Å². The minimum atomic E-state index is -0.134. The van der Waals surface area contributed by atoms with E-state index in [1.807, 2.05) is 0 Å². The number of thiazole rings is 1. The van der Waals surface area contributed by atoms with Crippen LogP contribution in [0.5, 0.6) is 0 Å². The summed E-state index contributed by atoms with van der Waals surface area (Å²) in [6.07, 6.45) is 6.43.